The standard InChI is InChI=1S/C18H17FN4OS2/c1-23-8-10-6-11(16(24)14(19)15(10)22-23)17-21-18-13(26-17)7-12(25-18)9-2-4-20-5-3-9/h6-10,20H,2-5H2,1H3/p+1. The zero-order valence-electron chi connectivity index (χ0n) is 14.2. The molecule has 1 fully saturated rings. The molecule has 5 rings (SSSR count). The van der Waals surface area contributed by atoms with Crippen molar-refractivity contribution in [3.05, 3.63) is 33.6 Å². The van der Waals surface area contributed by atoms with E-state index in [-0.39, 0.29) is 5.92 Å². The van der Waals surface area contributed by atoms with Crippen LogP contribution in [-0.4, -0.2) is 41.8 Å². The van der Waals surface area contributed by atoms with Gasteiger partial charge in [-0.3, -0.25) is 4.79 Å². The Hall–Kier alpha value is -1.90. The number of thiazole rings is 1. The molecule has 0 amide bonds. The number of hydrogen-bond donors (Lipinski definition) is 2. The Morgan fingerprint density at radius 2 is 2.12 bits per heavy atom. The van der Waals surface area contributed by atoms with Crippen LogP contribution in [0.25, 0.3) is 15.1 Å². The van der Waals surface area contributed by atoms with Gasteiger partial charge in [0.25, 0.3) is 0 Å². The summed E-state index contributed by atoms with van der Waals surface area (Å²) in [5.74, 6) is -0.923. The first-order valence-electron chi connectivity index (χ1n) is 8.72. The summed E-state index contributed by atoms with van der Waals surface area (Å²) in [7, 11) is 1.79. The molecule has 2 aromatic heterocycles. The van der Waals surface area contributed by atoms with Gasteiger partial charge in [-0.2, -0.15) is 5.43 Å². The zero-order chi connectivity index (χ0) is 17.8. The van der Waals surface area contributed by atoms with Gasteiger partial charge < -0.3 is 5.32 Å². The number of aromatic nitrogens is 1. The summed E-state index contributed by atoms with van der Waals surface area (Å²) in [6.45, 7) is 2.12. The predicted octanol–water partition coefficient (Wildman–Crippen LogP) is 2.82. The van der Waals surface area contributed by atoms with Crippen LogP contribution < -0.4 is 10.7 Å². The lowest BCUT2D eigenvalue weighted by atomic mass is 9.94. The van der Waals surface area contributed by atoms with Gasteiger partial charge in [-0.25, -0.2) is 9.37 Å². The molecule has 5 nitrogen and oxygen atoms in total. The fourth-order valence-electron chi connectivity index (χ4n) is 3.78. The molecule has 1 atom stereocenters. The number of fused-ring (bicyclic) bond motifs is 2. The number of halogens is 1. The molecule has 0 saturated carbocycles. The van der Waals surface area contributed by atoms with Crippen LogP contribution in [0.3, 0.4) is 0 Å². The van der Waals surface area contributed by atoms with E-state index < -0.39 is 11.6 Å². The average molecular weight is 390 g/mol. The van der Waals surface area contributed by atoms with Crippen LogP contribution in [0.5, 0.6) is 0 Å². The number of hydrazone groups is 1. The molecular formula is C18H18FN4OS2+. The molecule has 3 aliphatic rings. The summed E-state index contributed by atoms with van der Waals surface area (Å²) < 4.78 is 17.3. The van der Waals surface area contributed by atoms with Gasteiger partial charge >= 0.3 is 0 Å². The number of ketones is 1. The SMILES string of the molecule is C[N+]1=CC2C=C(c3nc4sc(C5CCNCC5)cc4s3)C(=O)C(F)=C2N1. The van der Waals surface area contributed by atoms with Gasteiger partial charge in [-0.05, 0) is 37.9 Å². The number of rotatable bonds is 2. The van der Waals surface area contributed by atoms with Gasteiger partial charge in [0.15, 0.2) is 19.1 Å². The second-order valence-electron chi connectivity index (χ2n) is 6.90. The molecule has 2 aliphatic heterocycles. The highest BCUT2D eigenvalue weighted by atomic mass is 32.1. The Morgan fingerprint density at radius 1 is 1.31 bits per heavy atom. The molecule has 0 radical (unpaired) electrons. The second kappa shape index (κ2) is 6.07. The first-order chi connectivity index (χ1) is 12.6. The minimum atomic E-state index is -0.706. The molecule has 26 heavy (non-hydrogen) atoms. The lowest BCUT2D eigenvalue weighted by molar-refractivity contribution is -0.540. The maximum absolute atomic E-state index is 14.5. The van der Waals surface area contributed by atoms with Crippen molar-refractivity contribution in [2.75, 3.05) is 20.1 Å². The molecule has 1 saturated heterocycles. The highest BCUT2D eigenvalue weighted by molar-refractivity contribution is 7.27. The largest absolute Gasteiger partial charge is 0.317 e. The van der Waals surface area contributed by atoms with Crippen molar-refractivity contribution in [2.24, 2.45) is 5.92 Å². The van der Waals surface area contributed by atoms with Gasteiger partial charge in [0.2, 0.25) is 5.78 Å². The molecule has 1 aliphatic carbocycles. The number of nitrogens with zero attached hydrogens (tertiary/aromatic N) is 2. The molecule has 2 aromatic rings. The number of thiophene rings is 1. The van der Waals surface area contributed by atoms with E-state index in [9.17, 15) is 9.18 Å². The monoisotopic (exact) mass is 389 g/mol. The topological polar surface area (TPSA) is 57.0 Å². The maximum atomic E-state index is 14.5. The molecular weight excluding hydrogens is 371 g/mol. The predicted molar refractivity (Wildman–Crippen MR) is 102 cm³/mol. The van der Waals surface area contributed by atoms with Gasteiger partial charge in [-0.1, -0.05) is 6.08 Å². The zero-order valence-corrected chi connectivity index (χ0v) is 15.8. The molecule has 4 heterocycles. The van der Waals surface area contributed by atoms with Crippen molar-refractivity contribution in [1.82, 2.24) is 15.7 Å². The summed E-state index contributed by atoms with van der Waals surface area (Å²) in [6, 6.07) is 2.21. The number of hydrogen-bond acceptors (Lipinski definition) is 6. The van der Waals surface area contributed by atoms with Gasteiger partial charge in [0, 0.05) is 4.88 Å². The van der Waals surface area contributed by atoms with Gasteiger partial charge in [0.1, 0.15) is 21.5 Å². The van der Waals surface area contributed by atoms with E-state index >= 15 is 0 Å². The number of nitrogens with one attached hydrogen (secondary N) is 2. The van der Waals surface area contributed by atoms with Crippen LogP contribution >= 0.6 is 22.7 Å². The van der Waals surface area contributed by atoms with Crippen molar-refractivity contribution in [1.29, 1.82) is 0 Å². The average Bonchev–Trinajstić information content (AvgIpc) is 3.31. The number of Topliss-reactive ketones (excluding diaryl/α,β-unsaturated/α-hetero) is 1. The van der Waals surface area contributed by atoms with E-state index in [4.69, 9.17) is 0 Å². The smallest absolute Gasteiger partial charge is 0.226 e. The van der Waals surface area contributed by atoms with Crippen molar-refractivity contribution in [3.63, 3.8) is 0 Å². The molecule has 2 N–H and O–H groups in total. The minimum absolute atomic E-state index is 0.236. The Kier molecular flexibility index (Phi) is 3.80. The summed E-state index contributed by atoms with van der Waals surface area (Å²) in [4.78, 5) is 19.5. The first kappa shape index (κ1) is 16.3. The van der Waals surface area contributed by atoms with Crippen molar-refractivity contribution in [3.8, 4) is 0 Å². The number of hydrazine groups is 1. The van der Waals surface area contributed by atoms with E-state index in [1.54, 1.807) is 23.1 Å². The second-order valence-corrected chi connectivity index (χ2v) is 8.99. The highest BCUT2D eigenvalue weighted by Crippen LogP contribution is 2.40. The van der Waals surface area contributed by atoms with Crippen molar-refractivity contribution < 1.29 is 13.9 Å². The van der Waals surface area contributed by atoms with E-state index in [0.29, 0.717) is 22.2 Å². The van der Waals surface area contributed by atoms with Crippen molar-refractivity contribution in [2.45, 2.75) is 18.8 Å². The summed E-state index contributed by atoms with van der Waals surface area (Å²) in [5, 5.41) is 4.01. The van der Waals surface area contributed by atoms with Crippen LogP contribution in [-0.2, 0) is 4.79 Å². The van der Waals surface area contributed by atoms with Gasteiger partial charge in [0.05, 0.1) is 10.3 Å². The fraction of sp³-hybridized carbons (Fsp3) is 0.389. The van der Waals surface area contributed by atoms with E-state index in [2.05, 4.69) is 21.8 Å². The third kappa shape index (κ3) is 2.55. The minimum Gasteiger partial charge on any atom is -0.317 e. The number of carbonyl (C=O) groups is 1. The molecule has 0 spiro atoms. The number of carbonyl (C=O) groups excluding carboxylic acids is 1. The van der Waals surface area contributed by atoms with Crippen molar-refractivity contribution >= 4 is 49.8 Å². The quantitative estimate of drug-likeness (QED) is 0.776. The maximum Gasteiger partial charge on any atom is 0.226 e. The van der Waals surface area contributed by atoms with Crippen LogP contribution in [0.2, 0.25) is 0 Å². The lowest BCUT2D eigenvalue weighted by Gasteiger charge is -2.21. The molecule has 0 bridgehead atoms. The molecule has 0 aromatic carbocycles. The Labute approximate surface area is 157 Å². The number of piperidine rings is 1. The summed E-state index contributed by atoms with van der Waals surface area (Å²) in [6.07, 6.45) is 5.97. The third-order valence-electron chi connectivity index (χ3n) is 5.12. The molecule has 1 unspecified atom stereocenters. The van der Waals surface area contributed by atoms with E-state index in [0.717, 1.165) is 35.5 Å². The summed E-state index contributed by atoms with van der Waals surface area (Å²) in [5.41, 5.74) is 3.57. The highest BCUT2D eigenvalue weighted by Gasteiger charge is 2.38. The lowest BCUT2D eigenvalue weighted by Crippen LogP contribution is -2.26. The molecule has 134 valence electrons. The first-order valence-corrected chi connectivity index (χ1v) is 10.4. The van der Waals surface area contributed by atoms with Crippen LogP contribution in [0.15, 0.2) is 23.7 Å². The van der Waals surface area contributed by atoms with Crippen LogP contribution in [0.1, 0.15) is 28.6 Å². The Morgan fingerprint density at radius 3 is 2.88 bits per heavy atom. The van der Waals surface area contributed by atoms with E-state index in [1.165, 1.54) is 16.2 Å². The Bertz CT molecular complexity index is 978. The van der Waals surface area contributed by atoms with Crippen LogP contribution in [0, 0.1) is 5.92 Å². The van der Waals surface area contributed by atoms with Crippen LogP contribution in [0.4, 0.5) is 4.39 Å². The third-order valence-corrected chi connectivity index (χ3v) is 7.48. The van der Waals surface area contributed by atoms with Gasteiger partial charge in [-0.15, -0.1) is 27.4 Å². The molecule has 8 heteroatoms. The normalized spacial score (nSPS) is 23.9. The fourth-order valence-corrected chi connectivity index (χ4v) is 6.19. The number of allylic oxidation sites excluding steroid dienone is 3. The summed E-state index contributed by atoms with van der Waals surface area (Å²) >= 11 is 3.20. The Balaban J connectivity index is 1.48. The van der Waals surface area contributed by atoms with E-state index in [1.807, 2.05) is 12.3 Å².